The topological polar surface area (TPSA) is 70.3 Å². The normalized spacial score (nSPS) is 13.3. The Morgan fingerprint density at radius 2 is 2.25 bits per heavy atom. The zero-order valence-electron chi connectivity index (χ0n) is 9.93. The van der Waals surface area contributed by atoms with Gasteiger partial charge in [-0.3, -0.25) is 0 Å². The maximum absolute atomic E-state index is 9.35. The first-order valence-electron chi connectivity index (χ1n) is 5.63. The van der Waals surface area contributed by atoms with Gasteiger partial charge in [-0.05, 0) is 12.5 Å². The fourth-order valence-electron chi connectivity index (χ4n) is 1.43. The number of aromatic nitrogens is 2. The minimum atomic E-state index is -0.724. The zero-order chi connectivity index (χ0) is 12.0. The van der Waals surface area contributed by atoms with Crippen LogP contribution in [0.4, 0.5) is 0 Å². The summed E-state index contributed by atoms with van der Waals surface area (Å²) in [7, 11) is 0. The van der Waals surface area contributed by atoms with Crippen LogP contribution in [0.25, 0.3) is 0 Å². The Morgan fingerprint density at radius 1 is 1.50 bits per heavy atom. The summed E-state index contributed by atoms with van der Waals surface area (Å²) in [6.45, 7) is 6.08. The molecule has 1 rings (SSSR count). The molecule has 0 spiro atoms. The van der Waals surface area contributed by atoms with Crippen molar-refractivity contribution in [2.75, 3.05) is 13.2 Å². The SMILES string of the molecule is CC(C)CNCc1nccn1CC(O)CO. The maximum Gasteiger partial charge on any atom is 0.122 e. The number of imidazole rings is 1. The highest BCUT2D eigenvalue weighted by Gasteiger charge is 2.07. The largest absolute Gasteiger partial charge is 0.394 e. The number of aliphatic hydroxyl groups is 2. The summed E-state index contributed by atoms with van der Waals surface area (Å²) >= 11 is 0. The van der Waals surface area contributed by atoms with E-state index in [0.717, 1.165) is 12.4 Å². The third-order valence-electron chi connectivity index (χ3n) is 2.26. The molecule has 0 aliphatic rings. The van der Waals surface area contributed by atoms with E-state index in [2.05, 4.69) is 24.1 Å². The lowest BCUT2D eigenvalue weighted by Crippen LogP contribution is -2.25. The van der Waals surface area contributed by atoms with Gasteiger partial charge in [0.2, 0.25) is 0 Å². The van der Waals surface area contributed by atoms with Crippen LogP contribution in [0.1, 0.15) is 19.7 Å². The third kappa shape index (κ3) is 4.30. The second kappa shape index (κ2) is 6.62. The van der Waals surface area contributed by atoms with Crippen molar-refractivity contribution in [2.24, 2.45) is 5.92 Å². The quantitative estimate of drug-likeness (QED) is 0.612. The van der Waals surface area contributed by atoms with E-state index < -0.39 is 6.10 Å². The van der Waals surface area contributed by atoms with E-state index in [4.69, 9.17) is 5.11 Å². The fourth-order valence-corrected chi connectivity index (χ4v) is 1.43. The molecule has 5 heteroatoms. The van der Waals surface area contributed by atoms with Crippen LogP contribution in [0.15, 0.2) is 12.4 Å². The monoisotopic (exact) mass is 227 g/mol. The Hall–Kier alpha value is -0.910. The number of hydrogen-bond donors (Lipinski definition) is 3. The zero-order valence-corrected chi connectivity index (χ0v) is 9.93. The Kier molecular flexibility index (Phi) is 5.45. The van der Waals surface area contributed by atoms with Crippen molar-refractivity contribution in [2.45, 2.75) is 33.0 Å². The first-order chi connectivity index (χ1) is 7.63. The molecule has 0 fully saturated rings. The van der Waals surface area contributed by atoms with Crippen molar-refractivity contribution < 1.29 is 10.2 Å². The van der Waals surface area contributed by atoms with Gasteiger partial charge in [-0.1, -0.05) is 13.8 Å². The molecule has 0 aromatic carbocycles. The van der Waals surface area contributed by atoms with Crippen LogP contribution < -0.4 is 5.32 Å². The molecule has 0 saturated carbocycles. The van der Waals surface area contributed by atoms with E-state index >= 15 is 0 Å². The minimum absolute atomic E-state index is 0.225. The molecular weight excluding hydrogens is 206 g/mol. The molecule has 1 atom stereocenters. The van der Waals surface area contributed by atoms with E-state index in [0.29, 0.717) is 19.0 Å². The van der Waals surface area contributed by atoms with Crippen LogP contribution in [-0.4, -0.2) is 39.0 Å². The van der Waals surface area contributed by atoms with Gasteiger partial charge in [-0.25, -0.2) is 4.98 Å². The van der Waals surface area contributed by atoms with Gasteiger partial charge >= 0.3 is 0 Å². The summed E-state index contributed by atoms with van der Waals surface area (Å²) in [5.74, 6) is 1.49. The molecule has 0 saturated heterocycles. The van der Waals surface area contributed by atoms with Gasteiger partial charge in [-0.2, -0.15) is 0 Å². The van der Waals surface area contributed by atoms with Crippen LogP contribution in [0, 0.1) is 5.92 Å². The van der Waals surface area contributed by atoms with Gasteiger partial charge in [0.15, 0.2) is 0 Å². The van der Waals surface area contributed by atoms with E-state index in [-0.39, 0.29) is 6.61 Å². The second-order valence-electron chi connectivity index (χ2n) is 4.36. The van der Waals surface area contributed by atoms with E-state index in [9.17, 15) is 5.11 Å². The highest BCUT2D eigenvalue weighted by Crippen LogP contribution is 2.00. The third-order valence-corrected chi connectivity index (χ3v) is 2.26. The standard InChI is InChI=1S/C11H21N3O2/c1-9(2)5-12-6-11-13-3-4-14(11)7-10(16)8-15/h3-4,9-10,12,15-16H,5-8H2,1-2H3. The second-order valence-corrected chi connectivity index (χ2v) is 4.36. The molecular formula is C11H21N3O2. The maximum atomic E-state index is 9.35. The van der Waals surface area contributed by atoms with Crippen LogP contribution in [0.5, 0.6) is 0 Å². The number of nitrogens with zero attached hydrogens (tertiary/aromatic N) is 2. The predicted molar refractivity (Wildman–Crippen MR) is 61.9 cm³/mol. The minimum Gasteiger partial charge on any atom is -0.394 e. The molecule has 92 valence electrons. The Balaban J connectivity index is 2.44. The molecule has 1 unspecified atom stereocenters. The van der Waals surface area contributed by atoms with Gasteiger partial charge in [0.25, 0.3) is 0 Å². The molecule has 0 bridgehead atoms. The highest BCUT2D eigenvalue weighted by atomic mass is 16.3. The predicted octanol–water partition coefficient (Wildman–Crippen LogP) is -0.0181. The van der Waals surface area contributed by atoms with Crippen molar-refractivity contribution in [1.29, 1.82) is 0 Å². The average Bonchev–Trinajstić information content (AvgIpc) is 2.65. The summed E-state index contributed by atoms with van der Waals surface area (Å²) in [4.78, 5) is 4.21. The molecule has 1 aromatic heterocycles. The molecule has 1 aromatic rings. The number of hydrogen-bond acceptors (Lipinski definition) is 4. The van der Waals surface area contributed by atoms with E-state index in [1.807, 2.05) is 10.8 Å². The smallest absolute Gasteiger partial charge is 0.122 e. The highest BCUT2D eigenvalue weighted by molar-refractivity contribution is 4.92. The summed E-state index contributed by atoms with van der Waals surface area (Å²) < 4.78 is 1.86. The summed E-state index contributed by atoms with van der Waals surface area (Å²) in [5.41, 5.74) is 0. The van der Waals surface area contributed by atoms with E-state index in [1.54, 1.807) is 6.20 Å². The van der Waals surface area contributed by atoms with Crippen LogP contribution in [0.3, 0.4) is 0 Å². The van der Waals surface area contributed by atoms with E-state index in [1.165, 1.54) is 0 Å². The van der Waals surface area contributed by atoms with Crippen molar-refractivity contribution in [1.82, 2.24) is 14.9 Å². The molecule has 0 amide bonds. The van der Waals surface area contributed by atoms with Gasteiger partial charge < -0.3 is 20.1 Å². The molecule has 16 heavy (non-hydrogen) atoms. The number of nitrogens with one attached hydrogen (secondary N) is 1. The summed E-state index contributed by atoms with van der Waals surface area (Å²) in [6.07, 6.45) is 2.79. The Labute approximate surface area is 96.1 Å². The molecule has 0 aliphatic heterocycles. The average molecular weight is 227 g/mol. The van der Waals surface area contributed by atoms with Crippen molar-refractivity contribution in [3.63, 3.8) is 0 Å². The lowest BCUT2D eigenvalue weighted by molar-refractivity contribution is 0.0804. The van der Waals surface area contributed by atoms with Gasteiger partial charge in [0.05, 0.1) is 25.8 Å². The molecule has 0 radical (unpaired) electrons. The van der Waals surface area contributed by atoms with Gasteiger partial charge in [0.1, 0.15) is 5.82 Å². The van der Waals surface area contributed by atoms with Gasteiger partial charge in [-0.15, -0.1) is 0 Å². The number of aliphatic hydroxyl groups excluding tert-OH is 2. The van der Waals surface area contributed by atoms with Crippen LogP contribution in [-0.2, 0) is 13.1 Å². The summed E-state index contributed by atoms with van der Waals surface area (Å²) in [6, 6.07) is 0. The van der Waals surface area contributed by atoms with Gasteiger partial charge in [0, 0.05) is 12.4 Å². The van der Waals surface area contributed by atoms with Crippen molar-refractivity contribution in [3.05, 3.63) is 18.2 Å². The lowest BCUT2D eigenvalue weighted by atomic mass is 10.2. The van der Waals surface area contributed by atoms with Crippen molar-refractivity contribution >= 4 is 0 Å². The Morgan fingerprint density at radius 3 is 2.88 bits per heavy atom. The molecule has 3 N–H and O–H groups in total. The number of rotatable bonds is 7. The van der Waals surface area contributed by atoms with Crippen molar-refractivity contribution in [3.8, 4) is 0 Å². The first kappa shape index (κ1) is 13.2. The lowest BCUT2D eigenvalue weighted by Gasteiger charge is -2.12. The van der Waals surface area contributed by atoms with Crippen LogP contribution in [0.2, 0.25) is 0 Å². The molecule has 1 heterocycles. The molecule has 0 aliphatic carbocycles. The fraction of sp³-hybridized carbons (Fsp3) is 0.727. The molecule has 5 nitrogen and oxygen atoms in total. The first-order valence-corrected chi connectivity index (χ1v) is 5.63. The van der Waals surface area contributed by atoms with Crippen LogP contribution >= 0.6 is 0 Å². The Bertz CT molecular complexity index is 299. The summed E-state index contributed by atoms with van der Waals surface area (Å²) in [5, 5.41) is 21.4.